The minimum absolute atomic E-state index is 0.0297. The summed E-state index contributed by atoms with van der Waals surface area (Å²) in [4.78, 5) is 55.8. The third-order valence-electron chi connectivity index (χ3n) is 8.29. The number of halogens is 1. The number of rotatable bonds is 4. The normalized spacial score (nSPS) is 28.1. The number of hydrogen-bond donors (Lipinski definition) is 4. The molecule has 1 saturated carbocycles. The number of nitrogens with zero attached hydrogens (tertiary/aromatic N) is 5. The molecule has 4 N–H and O–H groups in total. The average molecular weight is 689 g/mol. The lowest BCUT2D eigenvalue weighted by Gasteiger charge is -2.30. The van der Waals surface area contributed by atoms with Crippen molar-refractivity contribution >= 4 is 39.8 Å². The number of aromatic hydroxyl groups is 1. The van der Waals surface area contributed by atoms with E-state index in [1.807, 2.05) is 12.2 Å². The number of carboxylic acid groups (broad SMARTS) is 1. The van der Waals surface area contributed by atoms with Crippen molar-refractivity contribution in [3.05, 3.63) is 34.8 Å². The number of tetrazole rings is 1. The molecule has 1 saturated heterocycles. The van der Waals surface area contributed by atoms with Crippen LogP contribution in [0.25, 0.3) is 11.4 Å². The van der Waals surface area contributed by atoms with E-state index in [-0.39, 0.29) is 36.9 Å². The number of nitrogens with one attached hydrogen (secondary N) is 2. The third-order valence-corrected chi connectivity index (χ3v) is 8.92. The summed E-state index contributed by atoms with van der Waals surface area (Å²) in [5.74, 6) is -2.23. The Bertz CT molecular complexity index is 1510. The van der Waals surface area contributed by atoms with Gasteiger partial charge in [-0.3, -0.25) is 9.59 Å². The first-order valence-corrected chi connectivity index (χ1v) is 15.9. The fourth-order valence-electron chi connectivity index (χ4n) is 5.84. The van der Waals surface area contributed by atoms with Crippen LogP contribution in [0, 0.1) is 5.92 Å². The molecule has 0 spiro atoms. The summed E-state index contributed by atoms with van der Waals surface area (Å²) in [7, 11) is 0. The van der Waals surface area contributed by atoms with Gasteiger partial charge in [-0.1, -0.05) is 25.0 Å². The molecule has 2 aliphatic heterocycles. The molecule has 1 aliphatic carbocycles. The molecule has 0 unspecified atom stereocenters. The van der Waals surface area contributed by atoms with Crippen LogP contribution in [-0.2, 0) is 19.1 Å². The third kappa shape index (κ3) is 7.29. The Hall–Kier alpha value is -4.01. The van der Waals surface area contributed by atoms with E-state index in [0.717, 1.165) is 19.3 Å². The lowest BCUT2D eigenvalue weighted by atomic mass is 10.0. The molecule has 1 aromatic carbocycles. The summed E-state index contributed by atoms with van der Waals surface area (Å²) in [6.45, 7) is 5.21. The number of benzene rings is 1. The lowest BCUT2D eigenvalue weighted by molar-refractivity contribution is -0.145. The molecule has 3 heterocycles. The Morgan fingerprint density at radius 1 is 1.20 bits per heavy atom. The van der Waals surface area contributed by atoms with Gasteiger partial charge in [-0.05, 0) is 85.8 Å². The largest absolute Gasteiger partial charge is 0.507 e. The summed E-state index contributed by atoms with van der Waals surface area (Å²) in [6, 6.07) is 2.19. The summed E-state index contributed by atoms with van der Waals surface area (Å²) in [6.07, 6.45) is 6.75. The number of alkyl carbamates (subject to hydrolysis) is 1. The molecule has 242 valence electrons. The van der Waals surface area contributed by atoms with Gasteiger partial charge in [0.05, 0.1) is 10.5 Å². The van der Waals surface area contributed by atoms with Gasteiger partial charge in [0, 0.05) is 24.4 Å². The highest BCUT2D eigenvalue weighted by atomic mass is 79.9. The first-order chi connectivity index (χ1) is 21.3. The van der Waals surface area contributed by atoms with Crippen LogP contribution in [0.4, 0.5) is 4.79 Å². The lowest BCUT2D eigenvalue weighted by Crippen LogP contribution is -2.56. The predicted octanol–water partition coefficient (Wildman–Crippen LogP) is 3.32. The number of allylic oxidation sites excluding steroid dienone is 1. The Morgan fingerprint density at radius 2 is 1.98 bits per heavy atom. The van der Waals surface area contributed by atoms with E-state index < -0.39 is 53.1 Å². The van der Waals surface area contributed by atoms with E-state index in [1.54, 1.807) is 32.9 Å². The number of phenolic OH excluding ortho intramolecular Hbond substituents is 1. The van der Waals surface area contributed by atoms with Gasteiger partial charge in [0.15, 0.2) is 0 Å². The Labute approximate surface area is 268 Å². The zero-order chi connectivity index (χ0) is 32.5. The number of phenols is 1. The fraction of sp³-hybridized carbons (Fsp3) is 0.567. The summed E-state index contributed by atoms with van der Waals surface area (Å²) < 4.78 is 5.88. The second-order valence-electron chi connectivity index (χ2n) is 12.8. The second kappa shape index (κ2) is 12.8. The van der Waals surface area contributed by atoms with Crippen molar-refractivity contribution in [2.24, 2.45) is 5.92 Å². The van der Waals surface area contributed by atoms with Crippen molar-refractivity contribution in [2.45, 2.75) is 95.0 Å². The van der Waals surface area contributed by atoms with Crippen molar-refractivity contribution in [1.82, 2.24) is 35.7 Å². The Morgan fingerprint density at radius 3 is 2.69 bits per heavy atom. The first-order valence-electron chi connectivity index (χ1n) is 15.1. The zero-order valence-corrected chi connectivity index (χ0v) is 27.0. The number of carboxylic acids is 1. The number of amides is 3. The van der Waals surface area contributed by atoms with Gasteiger partial charge >= 0.3 is 12.1 Å². The van der Waals surface area contributed by atoms with Gasteiger partial charge in [-0.15, -0.1) is 10.2 Å². The van der Waals surface area contributed by atoms with Crippen LogP contribution in [0.3, 0.4) is 0 Å². The van der Waals surface area contributed by atoms with Gasteiger partial charge in [0.1, 0.15) is 29.0 Å². The van der Waals surface area contributed by atoms with Crippen LogP contribution in [0.5, 0.6) is 5.75 Å². The van der Waals surface area contributed by atoms with Crippen molar-refractivity contribution in [3.8, 4) is 17.1 Å². The van der Waals surface area contributed by atoms with Crippen LogP contribution in [-0.4, -0.2) is 89.0 Å². The first kappa shape index (κ1) is 32.4. The number of aliphatic carboxylic acids is 1. The van der Waals surface area contributed by atoms with Crippen LogP contribution >= 0.6 is 15.9 Å². The number of fused-ring (bicyclic) bond motifs is 2. The second-order valence-corrected chi connectivity index (χ2v) is 13.7. The van der Waals surface area contributed by atoms with Crippen LogP contribution in [0.1, 0.15) is 71.8 Å². The summed E-state index contributed by atoms with van der Waals surface area (Å²) in [5.41, 5.74) is -1.64. The van der Waals surface area contributed by atoms with Crippen molar-refractivity contribution in [1.29, 1.82) is 0 Å². The number of aromatic nitrogens is 4. The van der Waals surface area contributed by atoms with Gasteiger partial charge in [0.25, 0.3) is 0 Å². The molecule has 5 atom stereocenters. The smallest absolute Gasteiger partial charge is 0.408 e. The molecular formula is C30H38BrN7O7. The maximum atomic E-state index is 14.1. The Kier molecular flexibility index (Phi) is 9.19. The van der Waals surface area contributed by atoms with Crippen LogP contribution < -0.4 is 10.6 Å². The molecule has 2 fully saturated rings. The van der Waals surface area contributed by atoms with E-state index in [9.17, 15) is 29.4 Å². The molecule has 3 aliphatic rings. The van der Waals surface area contributed by atoms with Crippen molar-refractivity contribution in [2.75, 3.05) is 6.54 Å². The van der Waals surface area contributed by atoms with Crippen LogP contribution in [0.2, 0.25) is 0 Å². The molecule has 0 bridgehead atoms. The average Bonchev–Trinajstić information content (AvgIpc) is 3.28. The van der Waals surface area contributed by atoms with Gasteiger partial charge in [-0.2, -0.15) is 4.80 Å². The summed E-state index contributed by atoms with van der Waals surface area (Å²) >= 11 is 3.28. The molecule has 3 amide bonds. The molecule has 14 nitrogen and oxygen atoms in total. The maximum Gasteiger partial charge on any atom is 0.408 e. The topological polar surface area (TPSA) is 189 Å². The SMILES string of the molecule is CC(C)(C)OC(=O)N[C@H]1CCCCC/C=C\[C@@H]2C[C@]2(C(=O)O)NC(=O)[C@@H]2C[C@H](n3nnc(-c4ccc(O)c(Br)c4)n3)CN2C1=O. The van der Waals surface area contributed by atoms with Gasteiger partial charge in [0.2, 0.25) is 17.6 Å². The highest BCUT2D eigenvalue weighted by Crippen LogP contribution is 2.45. The predicted molar refractivity (Wildman–Crippen MR) is 164 cm³/mol. The van der Waals surface area contributed by atoms with E-state index in [1.165, 1.54) is 15.8 Å². The van der Waals surface area contributed by atoms with Gasteiger partial charge in [-0.25, -0.2) is 9.59 Å². The van der Waals surface area contributed by atoms with E-state index in [0.29, 0.717) is 22.9 Å². The number of hydrogen-bond acceptors (Lipinski definition) is 9. The summed E-state index contributed by atoms with van der Waals surface area (Å²) in [5, 5.41) is 38.2. The highest BCUT2D eigenvalue weighted by molar-refractivity contribution is 9.10. The number of ether oxygens (including phenoxy) is 1. The number of carbonyl (C=O) groups is 4. The van der Waals surface area contributed by atoms with E-state index >= 15 is 0 Å². The fourth-order valence-corrected chi connectivity index (χ4v) is 6.22. The maximum absolute atomic E-state index is 14.1. The molecular weight excluding hydrogens is 650 g/mol. The molecule has 0 radical (unpaired) electrons. The Balaban J connectivity index is 1.45. The standard InChI is InChI=1S/C30H38BrN7O7/c1-29(2,3)45-28(44)32-21-10-8-6-4-5-7-9-18-15-30(18,27(42)43)33-25(40)22-14-19(16-37(22)26(21)41)38-35-24(34-36-38)17-11-12-23(39)20(31)13-17/h7,9,11-13,18-19,21-22,39H,4-6,8,10,14-16H2,1-3H3,(H,32,44)(H,33,40)(H,42,43)/b9-7-/t18-,19+,21+,22+,30+/m1/s1. The highest BCUT2D eigenvalue weighted by Gasteiger charge is 2.61. The molecule has 45 heavy (non-hydrogen) atoms. The van der Waals surface area contributed by atoms with Crippen LogP contribution in [0.15, 0.2) is 34.8 Å². The molecule has 5 rings (SSSR count). The monoisotopic (exact) mass is 687 g/mol. The molecule has 2 aromatic rings. The van der Waals surface area contributed by atoms with E-state index in [4.69, 9.17) is 4.74 Å². The van der Waals surface area contributed by atoms with E-state index in [2.05, 4.69) is 42.0 Å². The quantitative estimate of drug-likeness (QED) is 0.347. The minimum Gasteiger partial charge on any atom is -0.507 e. The van der Waals surface area contributed by atoms with Gasteiger partial charge < -0.3 is 30.5 Å². The van der Waals surface area contributed by atoms with Crippen molar-refractivity contribution < 1.29 is 34.1 Å². The zero-order valence-electron chi connectivity index (χ0n) is 25.4. The number of carbonyl (C=O) groups excluding carboxylic acids is 3. The molecule has 1 aromatic heterocycles. The van der Waals surface area contributed by atoms with Crippen molar-refractivity contribution in [3.63, 3.8) is 0 Å². The molecule has 15 heteroatoms. The minimum atomic E-state index is -1.44.